The number of unbranched alkanes of at least 4 members (excludes halogenated alkanes) is 1. The van der Waals surface area contributed by atoms with Crippen molar-refractivity contribution < 1.29 is 9.53 Å². The number of nitrogens with zero attached hydrogens (tertiary/aromatic N) is 2. The lowest BCUT2D eigenvalue weighted by atomic mass is 9.98. The van der Waals surface area contributed by atoms with Crippen LogP contribution in [0.25, 0.3) is 0 Å². The lowest BCUT2D eigenvalue weighted by Crippen LogP contribution is -2.42. The van der Waals surface area contributed by atoms with Gasteiger partial charge in [0, 0.05) is 25.8 Å². The van der Waals surface area contributed by atoms with Gasteiger partial charge in [0.2, 0.25) is 0 Å². The highest BCUT2D eigenvalue weighted by Gasteiger charge is 2.24. The lowest BCUT2D eigenvalue weighted by molar-refractivity contribution is 0.0848. The van der Waals surface area contributed by atoms with Crippen LogP contribution in [-0.2, 0) is 4.74 Å². The standard InChI is InChI=1S/C16H25N3O2/c1-2-3-11-21-16(20)19-10-6-7-14(13-19)12-18-15-8-4-5-9-17-15/h4-5,8-9,14H,2-3,6-7,10-13H2,1H3,(H,17,18). The van der Waals surface area contributed by atoms with Gasteiger partial charge in [-0.1, -0.05) is 19.4 Å². The smallest absolute Gasteiger partial charge is 0.409 e. The monoisotopic (exact) mass is 291 g/mol. The fourth-order valence-electron chi connectivity index (χ4n) is 2.51. The molecule has 1 unspecified atom stereocenters. The van der Waals surface area contributed by atoms with Crippen molar-refractivity contribution >= 4 is 11.9 Å². The van der Waals surface area contributed by atoms with Crippen molar-refractivity contribution in [3.05, 3.63) is 24.4 Å². The molecule has 0 radical (unpaired) electrons. The number of ether oxygens (including phenoxy) is 1. The van der Waals surface area contributed by atoms with Gasteiger partial charge in [0.25, 0.3) is 0 Å². The number of likely N-dealkylation sites (tertiary alicyclic amines) is 1. The molecule has 1 N–H and O–H groups in total. The van der Waals surface area contributed by atoms with Crippen LogP contribution in [0.1, 0.15) is 32.6 Å². The van der Waals surface area contributed by atoms with E-state index in [1.54, 1.807) is 6.20 Å². The molecule has 1 aromatic rings. The van der Waals surface area contributed by atoms with Gasteiger partial charge < -0.3 is 15.0 Å². The van der Waals surface area contributed by atoms with Crippen molar-refractivity contribution in [1.29, 1.82) is 0 Å². The Hall–Kier alpha value is -1.78. The molecule has 1 saturated heterocycles. The summed E-state index contributed by atoms with van der Waals surface area (Å²) in [5.41, 5.74) is 0. The van der Waals surface area contributed by atoms with E-state index in [9.17, 15) is 4.79 Å². The van der Waals surface area contributed by atoms with Crippen LogP contribution in [0.4, 0.5) is 10.6 Å². The van der Waals surface area contributed by atoms with Crippen LogP contribution in [0.15, 0.2) is 24.4 Å². The second-order valence-corrected chi connectivity index (χ2v) is 5.52. The first-order chi connectivity index (χ1) is 10.3. The van der Waals surface area contributed by atoms with Crippen LogP contribution in [0.2, 0.25) is 0 Å². The Labute approximate surface area is 126 Å². The van der Waals surface area contributed by atoms with E-state index in [-0.39, 0.29) is 6.09 Å². The van der Waals surface area contributed by atoms with E-state index in [1.807, 2.05) is 23.1 Å². The van der Waals surface area contributed by atoms with Gasteiger partial charge in [0.1, 0.15) is 5.82 Å². The van der Waals surface area contributed by atoms with E-state index < -0.39 is 0 Å². The molecule has 1 fully saturated rings. The Morgan fingerprint density at radius 2 is 2.43 bits per heavy atom. The molecule has 5 heteroatoms. The Morgan fingerprint density at radius 1 is 1.52 bits per heavy atom. The van der Waals surface area contributed by atoms with Crippen molar-refractivity contribution in [2.24, 2.45) is 5.92 Å². The number of hydrogen-bond donors (Lipinski definition) is 1. The number of hydrogen-bond acceptors (Lipinski definition) is 4. The third kappa shape index (κ3) is 5.25. The van der Waals surface area contributed by atoms with Crippen LogP contribution < -0.4 is 5.32 Å². The molecule has 1 atom stereocenters. The third-order valence-electron chi connectivity index (χ3n) is 3.74. The zero-order chi connectivity index (χ0) is 14.9. The van der Waals surface area contributed by atoms with Crippen LogP contribution >= 0.6 is 0 Å². The molecule has 21 heavy (non-hydrogen) atoms. The van der Waals surface area contributed by atoms with E-state index in [4.69, 9.17) is 4.74 Å². The van der Waals surface area contributed by atoms with E-state index in [0.29, 0.717) is 12.5 Å². The summed E-state index contributed by atoms with van der Waals surface area (Å²) < 4.78 is 5.29. The first-order valence-corrected chi connectivity index (χ1v) is 7.86. The van der Waals surface area contributed by atoms with Crippen LogP contribution in [0.3, 0.4) is 0 Å². The minimum absolute atomic E-state index is 0.161. The first-order valence-electron chi connectivity index (χ1n) is 7.86. The number of carbonyl (C=O) groups is 1. The van der Waals surface area contributed by atoms with E-state index in [2.05, 4.69) is 17.2 Å². The highest BCUT2D eigenvalue weighted by atomic mass is 16.6. The fraction of sp³-hybridized carbons (Fsp3) is 0.625. The fourth-order valence-corrected chi connectivity index (χ4v) is 2.51. The van der Waals surface area contributed by atoms with Gasteiger partial charge in [-0.15, -0.1) is 0 Å². The second kappa shape index (κ2) is 8.49. The maximum atomic E-state index is 12.0. The summed E-state index contributed by atoms with van der Waals surface area (Å²) >= 11 is 0. The third-order valence-corrected chi connectivity index (χ3v) is 3.74. The molecule has 2 rings (SSSR count). The van der Waals surface area contributed by atoms with E-state index in [1.165, 1.54) is 0 Å². The maximum absolute atomic E-state index is 12.0. The van der Waals surface area contributed by atoms with Crippen LogP contribution in [0, 0.1) is 5.92 Å². The van der Waals surface area contributed by atoms with Crippen LogP contribution in [0.5, 0.6) is 0 Å². The maximum Gasteiger partial charge on any atom is 0.409 e. The summed E-state index contributed by atoms with van der Waals surface area (Å²) in [4.78, 5) is 18.1. The molecule has 1 amide bonds. The van der Waals surface area contributed by atoms with Gasteiger partial charge in [0.15, 0.2) is 0 Å². The average Bonchev–Trinajstić information content (AvgIpc) is 2.54. The first kappa shape index (κ1) is 15.6. The molecular formula is C16H25N3O2. The van der Waals surface area contributed by atoms with Gasteiger partial charge >= 0.3 is 6.09 Å². The average molecular weight is 291 g/mol. The highest BCUT2D eigenvalue weighted by molar-refractivity contribution is 5.67. The Bertz CT molecular complexity index is 425. The summed E-state index contributed by atoms with van der Waals surface area (Å²) in [6.07, 6.45) is 5.77. The molecule has 2 heterocycles. The molecule has 5 nitrogen and oxygen atoms in total. The normalized spacial score (nSPS) is 18.3. The highest BCUT2D eigenvalue weighted by Crippen LogP contribution is 2.18. The predicted molar refractivity (Wildman–Crippen MR) is 83.3 cm³/mol. The number of nitrogens with one attached hydrogen (secondary N) is 1. The summed E-state index contributed by atoms with van der Waals surface area (Å²) in [6.45, 7) is 5.04. The molecule has 1 aromatic heterocycles. The largest absolute Gasteiger partial charge is 0.449 e. The molecule has 0 aromatic carbocycles. The molecular weight excluding hydrogens is 266 g/mol. The predicted octanol–water partition coefficient (Wildman–Crippen LogP) is 3.14. The molecule has 0 spiro atoms. The van der Waals surface area contributed by atoms with Gasteiger partial charge in [-0.2, -0.15) is 0 Å². The van der Waals surface area contributed by atoms with Gasteiger partial charge in [-0.3, -0.25) is 0 Å². The number of carbonyl (C=O) groups excluding carboxylic acids is 1. The molecule has 0 saturated carbocycles. The number of piperidine rings is 1. The summed E-state index contributed by atoms with van der Waals surface area (Å²) in [5, 5.41) is 3.34. The summed E-state index contributed by atoms with van der Waals surface area (Å²) in [5.74, 6) is 1.35. The number of pyridine rings is 1. The van der Waals surface area contributed by atoms with Crippen molar-refractivity contribution in [1.82, 2.24) is 9.88 Å². The SMILES string of the molecule is CCCCOC(=O)N1CCCC(CNc2ccccn2)C1. The lowest BCUT2D eigenvalue weighted by Gasteiger charge is -2.32. The number of anilines is 1. The zero-order valence-electron chi connectivity index (χ0n) is 12.8. The Kier molecular flexibility index (Phi) is 6.31. The van der Waals surface area contributed by atoms with Crippen LogP contribution in [-0.4, -0.2) is 42.2 Å². The topological polar surface area (TPSA) is 54.5 Å². The van der Waals surface area contributed by atoms with Gasteiger partial charge in [-0.05, 0) is 37.3 Å². The number of aromatic nitrogens is 1. The number of amides is 1. The summed E-state index contributed by atoms with van der Waals surface area (Å²) in [6, 6.07) is 5.83. The Morgan fingerprint density at radius 3 is 3.19 bits per heavy atom. The molecule has 1 aliphatic heterocycles. The number of rotatable bonds is 6. The van der Waals surface area contributed by atoms with Gasteiger partial charge in [0.05, 0.1) is 6.61 Å². The zero-order valence-corrected chi connectivity index (χ0v) is 12.8. The van der Waals surface area contributed by atoms with Crippen molar-refractivity contribution in [3.8, 4) is 0 Å². The van der Waals surface area contributed by atoms with E-state index in [0.717, 1.165) is 51.1 Å². The molecule has 1 aliphatic rings. The molecule has 116 valence electrons. The van der Waals surface area contributed by atoms with E-state index >= 15 is 0 Å². The summed E-state index contributed by atoms with van der Waals surface area (Å²) in [7, 11) is 0. The molecule has 0 aliphatic carbocycles. The minimum Gasteiger partial charge on any atom is -0.449 e. The molecule has 0 bridgehead atoms. The van der Waals surface area contributed by atoms with Crippen molar-refractivity contribution in [2.75, 3.05) is 31.6 Å². The quantitative estimate of drug-likeness (QED) is 0.818. The second-order valence-electron chi connectivity index (χ2n) is 5.52. The minimum atomic E-state index is -0.161. The van der Waals surface area contributed by atoms with Crippen molar-refractivity contribution in [3.63, 3.8) is 0 Å². The Balaban J connectivity index is 1.74. The van der Waals surface area contributed by atoms with Gasteiger partial charge in [-0.25, -0.2) is 9.78 Å². The van der Waals surface area contributed by atoms with Crippen molar-refractivity contribution in [2.45, 2.75) is 32.6 Å².